The van der Waals surface area contributed by atoms with Crippen LogP contribution < -0.4 is 11.1 Å². The average molecular weight is 232 g/mol. The summed E-state index contributed by atoms with van der Waals surface area (Å²) in [5, 5.41) is 3.04. The van der Waals surface area contributed by atoms with Crippen molar-refractivity contribution >= 4 is 38.9 Å². The lowest BCUT2D eigenvalue weighted by atomic mass is 10.4. The summed E-state index contributed by atoms with van der Waals surface area (Å²) in [7, 11) is 0. The number of rotatable bonds is 1. The van der Waals surface area contributed by atoms with Gasteiger partial charge in [0.1, 0.15) is 4.60 Å². The Morgan fingerprint density at radius 3 is 3.00 bits per heavy atom. The summed E-state index contributed by atoms with van der Waals surface area (Å²) in [6.45, 7) is 0. The zero-order chi connectivity index (χ0) is 8.27. The number of pyridine rings is 1. The van der Waals surface area contributed by atoms with Crippen LogP contribution in [0, 0.1) is 0 Å². The van der Waals surface area contributed by atoms with Gasteiger partial charge in [-0.1, -0.05) is 0 Å². The van der Waals surface area contributed by atoms with E-state index in [4.69, 9.17) is 5.73 Å². The van der Waals surface area contributed by atoms with Crippen LogP contribution >= 0.6 is 28.1 Å². The molecular formula is C6H6BrN3S. The molecule has 0 aliphatic heterocycles. The molecule has 0 unspecified atom stereocenters. The van der Waals surface area contributed by atoms with E-state index in [0.29, 0.717) is 0 Å². The van der Waals surface area contributed by atoms with Gasteiger partial charge >= 0.3 is 0 Å². The van der Waals surface area contributed by atoms with Gasteiger partial charge in [0.25, 0.3) is 0 Å². The molecule has 0 aromatic carbocycles. The van der Waals surface area contributed by atoms with Crippen molar-refractivity contribution in [3.05, 3.63) is 22.9 Å². The van der Waals surface area contributed by atoms with Gasteiger partial charge in [0, 0.05) is 11.9 Å². The van der Waals surface area contributed by atoms with Crippen LogP contribution in [0.15, 0.2) is 22.9 Å². The van der Waals surface area contributed by atoms with Crippen LogP contribution in [0.1, 0.15) is 0 Å². The number of hydrogen-bond acceptors (Lipinski definition) is 2. The van der Waals surface area contributed by atoms with Gasteiger partial charge in [-0.2, -0.15) is 0 Å². The van der Waals surface area contributed by atoms with Gasteiger partial charge in [-0.3, -0.25) is 0 Å². The first kappa shape index (κ1) is 8.42. The lowest BCUT2D eigenvalue weighted by molar-refractivity contribution is 1.28. The Morgan fingerprint density at radius 1 is 1.73 bits per heavy atom. The van der Waals surface area contributed by atoms with Crippen molar-refractivity contribution in [1.82, 2.24) is 4.98 Å². The third kappa shape index (κ3) is 2.81. The standard InChI is InChI=1S/C6H6BrN3S/c7-5-3-4(1-2-9-5)10-6(8)11/h1-3H,(H3,8,9,10,11). The van der Waals surface area contributed by atoms with E-state index in [0.717, 1.165) is 10.3 Å². The normalized spacial score (nSPS) is 9.18. The quantitative estimate of drug-likeness (QED) is 0.569. The summed E-state index contributed by atoms with van der Waals surface area (Å²) < 4.78 is 0.749. The van der Waals surface area contributed by atoms with Gasteiger partial charge in [-0.25, -0.2) is 4.98 Å². The summed E-state index contributed by atoms with van der Waals surface area (Å²) in [4.78, 5) is 3.94. The second kappa shape index (κ2) is 3.64. The van der Waals surface area contributed by atoms with Gasteiger partial charge in [0.15, 0.2) is 5.11 Å². The van der Waals surface area contributed by atoms with Gasteiger partial charge in [-0.15, -0.1) is 0 Å². The maximum absolute atomic E-state index is 5.26. The summed E-state index contributed by atoms with van der Waals surface area (Å²) in [5.74, 6) is 0. The fourth-order valence-corrected chi connectivity index (χ4v) is 1.11. The number of thiocarbonyl (C=S) groups is 1. The Labute approximate surface area is 78.1 Å². The number of nitrogens with one attached hydrogen (secondary N) is 1. The van der Waals surface area contributed by atoms with Gasteiger partial charge < -0.3 is 11.1 Å². The second-order valence-corrected chi connectivity index (χ2v) is 3.11. The van der Waals surface area contributed by atoms with Crippen LogP contribution in [0.2, 0.25) is 0 Å². The van der Waals surface area contributed by atoms with Gasteiger partial charge in [-0.05, 0) is 40.3 Å². The molecule has 0 aliphatic rings. The molecule has 1 heterocycles. The van der Waals surface area contributed by atoms with Crippen molar-refractivity contribution in [3.8, 4) is 0 Å². The molecule has 0 radical (unpaired) electrons. The monoisotopic (exact) mass is 231 g/mol. The molecule has 0 atom stereocenters. The van der Waals surface area contributed by atoms with Crippen LogP contribution in [0.4, 0.5) is 5.69 Å². The van der Waals surface area contributed by atoms with Gasteiger partial charge in [0.05, 0.1) is 0 Å². The topological polar surface area (TPSA) is 50.9 Å². The van der Waals surface area contributed by atoms with Crippen molar-refractivity contribution in [2.24, 2.45) is 5.73 Å². The summed E-state index contributed by atoms with van der Waals surface area (Å²) in [5.41, 5.74) is 6.09. The van der Waals surface area contributed by atoms with E-state index in [9.17, 15) is 0 Å². The Morgan fingerprint density at radius 2 is 2.45 bits per heavy atom. The summed E-state index contributed by atoms with van der Waals surface area (Å²) in [6, 6.07) is 3.57. The zero-order valence-corrected chi connectivity index (χ0v) is 7.95. The molecular weight excluding hydrogens is 226 g/mol. The maximum atomic E-state index is 5.26. The van der Waals surface area contributed by atoms with Crippen molar-refractivity contribution in [2.45, 2.75) is 0 Å². The SMILES string of the molecule is NC(=S)Nc1ccnc(Br)c1. The number of hydrogen-bond donors (Lipinski definition) is 2. The summed E-state index contributed by atoms with van der Waals surface area (Å²) >= 11 is 7.87. The van der Waals surface area contributed by atoms with Gasteiger partial charge in [0.2, 0.25) is 0 Å². The Hall–Kier alpha value is -0.680. The minimum absolute atomic E-state index is 0.253. The van der Waals surface area contributed by atoms with Crippen LogP contribution in [0.5, 0.6) is 0 Å². The van der Waals surface area contributed by atoms with E-state index in [-0.39, 0.29) is 5.11 Å². The van der Waals surface area contributed by atoms with Crippen LogP contribution in [0.3, 0.4) is 0 Å². The zero-order valence-electron chi connectivity index (χ0n) is 5.54. The van der Waals surface area contributed by atoms with Crippen molar-refractivity contribution in [3.63, 3.8) is 0 Å². The first-order chi connectivity index (χ1) is 5.18. The Balaban J connectivity index is 2.79. The molecule has 0 fully saturated rings. The maximum Gasteiger partial charge on any atom is 0.168 e. The lowest BCUT2D eigenvalue weighted by Crippen LogP contribution is -2.18. The fraction of sp³-hybridized carbons (Fsp3) is 0. The molecule has 3 nitrogen and oxygen atoms in total. The molecule has 5 heteroatoms. The molecule has 3 N–H and O–H groups in total. The predicted octanol–water partition coefficient (Wildman–Crippen LogP) is 1.50. The van der Waals surface area contributed by atoms with E-state index in [1.54, 1.807) is 18.3 Å². The highest BCUT2D eigenvalue weighted by molar-refractivity contribution is 9.10. The Kier molecular flexibility index (Phi) is 2.78. The predicted molar refractivity (Wildman–Crippen MR) is 52.3 cm³/mol. The minimum Gasteiger partial charge on any atom is -0.376 e. The largest absolute Gasteiger partial charge is 0.376 e. The van der Waals surface area contributed by atoms with Crippen molar-refractivity contribution in [2.75, 3.05) is 5.32 Å². The number of nitrogens with two attached hydrogens (primary N) is 1. The number of anilines is 1. The number of halogens is 1. The third-order valence-corrected chi connectivity index (χ3v) is 1.53. The molecule has 11 heavy (non-hydrogen) atoms. The highest BCUT2D eigenvalue weighted by Crippen LogP contribution is 2.11. The first-order valence-electron chi connectivity index (χ1n) is 2.86. The third-order valence-electron chi connectivity index (χ3n) is 0.994. The van der Waals surface area contributed by atoms with E-state index >= 15 is 0 Å². The minimum atomic E-state index is 0.253. The molecule has 0 saturated carbocycles. The van der Waals surface area contributed by atoms with Crippen molar-refractivity contribution in [1.29, 1.82) is 0 Å². The first-order valence-corrected chi connectivity index (χ1v) is 4.06. The molecule has 1 aromatic rings. The average Bonchev–Trinajstić information content (AvgIpc) is 1.85. The van der Waals surface area contributed by atoms with E-state index in [2.05, 4.69) is 38.4 Å². The Bertz CT molecular complexity index is 276. The molecule has 0 amide bonds. The molecule has 0 spiro atoms. The van der Waals surface area contributed by atoms with E-state index in [1.165, 1.54) is 0 Å². The van der Waals surface area contributed by atoms with Crippen LogP contribution in [-0.4, -0.2) is 10.1 Å². The highest BCUT2D eigenvalue weighted by atomic mass is 79.9. The van der Waals surface area contributed by atoms with Crippen molar-refractivity contribution < 1.29 is 0 Å². The number of nitrogens with zero attached hydrogens (tertiary/aromatic N) is 1. The van der Waals surface area contributed by atoms with E-state index in [1.807, 2.05) is 0 Å². The fourth-order valence-electron chi connectivity index (χ4n) is 0.622. The lowest BCUT2D eigenvalue weighted by Gasteiger charge is -2.01. The molecule has 0 aliphatic carbocycles. The highest BCUT2D eigenvalue weighted by Gasteiger charge is 1.93. The van der Waals surface area contributed by atoms with Crippen LogP contribution in [-0.2, 0) is 0 Å². The molecule has 58 valence electrons. The summed E-state index contributed by atoms with van der Waals surface area (Å²) in [6.07, 6.45) is 1.66. The molecule has 1 rings (SSSR count). The number of aromatic nitrogens is 1. The molecule has 0 bridgehead atoms. The van der Waals surface area contributed by atoms with Crippen LogP contribution in [0.25, 0.3) is 0 Å². The second-order valence-electron chi connectivity index (χ2n) is 1.86. The van der Waals surface area contributed by atoms with E-state index < -0.39 is 0 Å². The molecule has 1 aromatic heterocycles. The molecule has 0 saturated heterocycles. The smallest absolute Gasteiger partial charge is 0.168 e.